The number of imidazole rings is 1. The molecule has 28 heavy (non-hydrogen) atoms. The third-order valence-electron chi connectivity index (χ3n) is 4.66. The summed E-state index contributed by atoms with van der Waals surface area (Å²) in [4.78, 5) is 43.6. The van der Waals surface area contributed by atoms with E-state index in [1.807, 2.05) is 29.7 Å². The molecule has 0 radical (unpaired) electrons. The topological polar surface area (TPSA) is 106 Å². The largest absolute Gasteiger partial charge is 0.345 e. The van der Waals surface area contributed by atoms with E-state index in [0.717, 1.165) is 5.69 Å². The monoisotopic (exact) mass is 377 g/mol. The van der Waals surface area contributed by atoms with Crippen LogP contribution in [0.2, 0.25) is 0 Å². The second kappa shape index (κ2) is 7.55. The second-order valence-electron chi connectivity index (χ2n) is 6.45. The number of nitrogens with zero attached hydrogens (tertiary/aromatic N) is 6. The molecule has 0 bridgehead atoms. The van der Waals surface area contributed by atoms with Crippen LogP contribution in [0, 0.1) is 0 Å². The average Bonchev–Trinajstić information content (AvgIpc) is 3.19. The number of nitrogens with one attached hydrogen (secondary N) is 1. The first kappa shape index (κ1) is 17.8. The Morgan fingerprint density at radius 1 is 1.14 bits per heavy atom. The van der Waals surface area contributed by atoms with Gasteiger partial charge >= 0.3 is 0 Å². The summed E-state index contributed by atoms with van der Waals surface area (Å²) in [5, 5.41) is 2.82. The van der Waals surface area contributed by atoms with Gasteiger partial charge in [0, 0.05) is 37.9 Å². The van der Waals surface area contributed by atoms with E-state index in [1.165, 1.54) is 18.6 Å². The molecule has 4 rings (SSSR count). The zero-order valence-corrected chi connectivity index (χ0v) is 15.3. The Morgan fingerprint density at radius 2 is 2.04 bits per heavy atom. The summed E-state index contributed by atoms with van der Waals surface area (Å²) in [6.45, 7) is 3.29. The van der Waals surface area contributed by atoms with E-state index in [9.17, 15) is 9.59 Å². The zero-order valence-electron chi connectivity index (χ0n) is 15.3. The van der Waals surface area contributed by atoms with E-state index in [0.29, 0.717) is 36.8 Å². The first-order chi connectivity index (χ1) is 13.6. The number of aromatic nitrogens is 5. The van der Waals surface area contributed by atoms with Crippen LogP contribution >= 0.6 is 0 Å². The molecule has 0 saturated heterocycles. The number of pyridine rings is 1. The quantitative estimate of drug-likeness (QED) is 0.733. The van der Waals surface area contributed by atoms with Gasteiger partial charge in [0.15, 0.2) is 0 Å². The molecule has 0 fully saturated rings. The molecule has 9 heteroatoms. The summed E-state index contributed by atoms with van der Waals surface area (Å²) < 4.78 is 1.92. The van der Waals surface area contributed by atoms with Crippen molar-refractivity contribution in [1.29, 1.82) is 0 Å². The molecular formula is C19H19N7O2. The predicted octanol–water partition coefficient (Wildman–Crippen LogP) is 1.22. The van der Waals surface area contributed by atoms with E-state index < -0.39 is 0 Å². The van der Waals surface area contributed by atoms with Crippen LogP contribution < -0.4 is 5.32 Å². The lowest BCUT2D eigenvalue weighted by molar-refractivity contribution is 0.0631. The van der Waals surface area contributed by atoms with Crippen molar-refractivity contribution >= 4 is 11.8 Å². The van der Waals surface area contributed by atoms with Gasteiger partial charge in [-0.2, -0.15) is 0 Å². The molecule has 3 aromatic heterocycles. The number of rotatable bonds is 4. The van der Waals surface area contributed by atoms with Crippen molar-refractivity contribution in [2.45, 2.75) is 26.1 Å². The molecule has 1 atom stereocenters. The fraction of sp³-hybridized carbons (Fsp3) is 0.263. The molecule has 3 aromatic rings. The molecular weight excluding hydrogens is 358 g/mol. The summed E-state index contributed by atoms with van der Waals surface area (Å²) >= 11 is 0. The van der Waals surface area contributed by atoms with Crippen molar-refractivity contribution in [3.8, 4) is 0 Å². The van der Waals surface area contributed by atoms with E-state index in [1.54, 1.807) is 17.3 Å². The molecule has 1 aliphatic rings. The first-order valence-corrected chi connectivity index (χ1v) is 8.95. The maximum atomic E-state index is 12.7. The van der Waals surface area contributed by atoms with Crippen LogP contribution in [0.1, 0.15) is 45.5 Å². The van der Waals surface area contributed by atoms with Crippen molar-refractivity contribution in [1.82, 2.24) is 34.7 Å². The van der Waals surface area contributed by atoms with Crippen LogP contribution in [0.15, 0.2) is 49.2 Å². The van der Waals surface area contributed by atoms with Crippen molar-refractivity contribution < 1.29 is 9.59 Å². The Morgan fingerprint density at radius 3 is 2.79 bits per heavy atom. The van der Waals surface area contributed by atoms with Gasteiger partial charge in [-0.05, 0) is 19.1 Å². The fourth-order valence-corrected chi connectivity index (χ4v) is 3.20. The van der Waals surface area contributed by atoms with Gasteiger partial charge < -0.3 is 14.8 Å². The Kier molecular flexibility index (Phi) is 4.79. The highest BCUT2D eigenvalue weighted by atomic mass is 16.2. The zero-order chi connectivity index (χ0) is 19.5. The summed E-state index contributed by atoms with van der Waals surface area (Å²) in [5.41, 5.74) is 1.39. The Balaban J connectivity index is 1.48. The minimum Gasteiger partial charge on any atom is -0.345 e. The Hall–Kier alpha value is -3.62. The van der Waals surface area contributed by atoms with Crippen LogP contribution in [0.4, 0.5) is 0 Å². The molecule has 142 valence electrons. The predicted molar refractivity (Wildman–Crippen MR) is 99.1 cm³/mol. The molecule has 0 saturated carbocycles. The van der Waals surface area contributed by atoms with Crippen LogP contribution in [0.25, 0.3) is 0 Å². The van der Waals surface area contributed by atoms with E-state index in [-0.39, 0.29) is 17.9 Å². The van der Waals surface area contributed by atoms with Gasteiger partial charge in [0.1, 0.15) is 17.2 Å². The van der Waals surface area contributed by atoms with Crippen LogP contribution in [0.3, 0.4) is 0 Å². The van der Waals surface area contributed by atoms with Gasteiger partial charge in [-0.25, -0.2) is 9.97 Å². The average molecular weight is 377 g/mol. The second-order valence-corrected chi connectivity index (χ2v) is 6.45. The van der Waals surface area contributed by atoms with Gasteiger partial charge in [0.25, 0.3) is 11.8 Å². The molecule has 1 unspecified atom stereocenters. The summed E-state index contributed by atoms with van der Waals surface area (Å²) in [7, 11) is 0. The molecule has 9 nitrogen and oxygen atoms in total. The summed E-state index contributed by atoms with van der Waals surface area (Å²) in [6, 6.07) is 5.26. The van der Waals surface area contributed by atoms with Crippen LogP contribution in [0.5, 0.6) is 0 Å². The fourth-order valence-electron chi connectivity index (χ4n) is 3.20. The molecule has 1 N–H and O–H groups in total. The molecule has 0 spiro atoms. The maximum Gasteiger partial charge on any atom is 0.274 e. The SMILES string of the molecule is CC1c2nc(C(=O)NCc3ccccn3)cn2CCN1C(=O)c1cnccn1. The number of amides is 2. The van der Waals surface area contributed by atoms with Gasteiger partial charge in [0.2, 0.25) is 0 Å². The third-order valence-corrected chi connectivity index (χ3v) is 4.66. The highest BCUT2D eigenvalue weighted by Gasteiger charge is 2.31. The van der Waals surface area contributed by atoms with Crippen molar-refractivity contribution in [2.24, 2.45) is 0 Å². The van der Waals surface area contributed by atoms with Crippen molar-refractivity contribution in [3.05, 3.63) is 72.1 Å². The smallest absolute Gasteiger partial charge is 0.274 e. The van der Waals surface area contributed by atoms with E-state index >= 15 is 0 Å². The lowest BCUT2D eigenvalue weighted by Gasteiger charge is -2.33. The maximum absolute atomic E-state index is 12.7. The van der Waals surface area contributed by atoms with E-state index in [4.69, 9.17) is 0 Å². The summed E-state index contributed by atoms with van der Waals surface area (Å²) in [6.07, 6.45) is 7.88. The van der Waals surface area contributed by atoms with Crippen molar-refractivity contribution in [2.75, 3.05) is 6.54 Å². The number of hydrogen-bond acceptors (Lipinski definition) is 6. The van der Waals surface area contributed by atoms with Crippen LogP contribution in [-0.4, -0.2) is 47.8 Å². The third kappa shape index (κ3) is 3.46. The lowest BCUT2D eigenvalue weighted by Crippen LogP contribution is -2.41. The molecule has 2 amide bonds. The molecule has 0 aliphatic carbocycles. The first-order valence-electron chi connectivity index (χ1n) is 8.95. The summed E-state index contributed by atoms with van der Waals surface area (Å²) in [5.74, 6) is 0.203. The Labute approximate surface area is 161 Å². The normalized spacial score (nSPS) is 15.8. The number of carbonyl (C=O) groups is 2. The minimum absolute atomic E-state index is 0.198. The van der Waals surface area contributed by atoms with Gasteiger partial charge in [0.05, 0.1) is 24.5 Å². The van der Waals surface area contributed by atoms with Gasteiger partial charge in [-0.1, -0.05) is 6.07 Å². The number of fused-ring (bicyclic) bond motifs is 1. The Bertz CT molecular complexity index is 988. The standard InChI is InChI=1S/C19H19N7O2/c1-13-17-24-16(18(27)23-10-14-4-2-3-5-21-14)12-25(17)8-9-26(13)19(28)15-11-20-6-7-22-15/h2-7,11-13H,8-10H2,1H3,(H,23,27). The number of hydrogen-bond donors (Lipinski definition) is 1. The lowest BCUT2D eigenvalue weighted by atomic mass is 10.2. The van der Waals surface area contributed by atoms with Crippen LogP contribution in [-0.2, 0) is 13.1 Å². The number of carbonyl (C=O) groups excluding carboxylic acids is 2. The van der Waals surface area contributed by atoms with E-state index in [2.05, 4.69) is 25.3 Å². The van der Waals surface area contributed by atoms with Gasteiger partial charge in [-0.3, -0.25) is 19.6 Å². The molecule has 0 aromatic carbocycles. The molecule has 4 heterocycles. The minimum atomic E-state index is -0.277. The van der Waals surface area contributed by atoms with Crippen molar-refractivity contribution in [3.63, 3.8) is 0 Å². The highest BCUT2D eigenvalue weighted by Crippen LogP contribution is 2.25. The van der Waals surface area contributed by atoms with Gasteiger partial charge in [-0.15, -0.1) is 0 Å². The highest BCUT2D eigenvalue weighted by molar-refractivity contribution is 5.93. The molecule has 1 aliphatic heterocycles.